The van der Waals surface area contributed by atoms with Gasteiger partial charge in [-0.2, -0.15) is 0 Å². The van der Waals surface area contributed by atoms with Crippen molar-refractivity contribution >= 4 is 17.3 Å². The molecule has 1 aromatic heterocycles. The lowest BCUT2D eigenvalue weighted by atomic mass is 9.82. The predicted molar refractivity (Wildman–Crippen MR) is 103 cm³/mol. The molecule has 2 fully saturated rings. The molecule has 2 atom stereocenters. The molecule has 1 aliphatic heterocycles. The van der Waals surface area contributed by atoms with E-state index in [1.165, 1.54) is 50.2 Å². The van der Waals surface area contributed by atoms with E-state index in [-0.39, 0.29) is 0 Å². The molecule has 0 spiro atoms. The second-order valence-corrected chi connectivity index (χ2v) is 8.23. The van der Waals surface area contributed by atoms with E-state index >= 15 is 0 Å². The van der Waals surface area contributed by atoms with Crippen LogP contribution < -0.4 is 5.32 Å². The van der Waals surface area contributed by atoms with Crippen molar-refractivity contribution in [3.05, 3.63) is 16.1 Å². The first-order valence-corrected chi connectivity index (χ1v) is 10.6. The number of guanidine groups is 1. The average Bonchev–Trinajstić information content (AvgIpc) is 3.19. The van der Waals surface area contributed by atoms with Gasteiger partial charge in [-0.15, -0.1) is 11.3 Å². The van der Waals surface area contributed by atoms with Gasteiger partial charge in [0.2, 0.25) is 0 Å². The largest absolute Gasteiger partial charge is 0.357 e. The van der Waals surface area contributed by atoms with Gasteiger partial charge in [0, 0.05) is 37.3 Å². The smallest absolute Gasteiger partial charge is 0.193 e. The first kappa shape index (κ1) is 17.7. The van der Waals surface area contributed by atoms with Crippen LogP contribution in [0.3, 0.4) is 0 Å². The highest BCUT2D eigenvalue weighted by atomic mass is 32.1. The Morgan fingerprint density at radius 1 is 1.29 bits per heavy atom. The van der Waals surface area contributed by atoms with E-state index in [4.69, 9.17) is 4.99 Å². The second kappa shape index (κ2) is 8.84. The van der Waals surface area contributed by atoms with Crippen LogP contribution >= 0.6 is 11.3 Å². The zero-order valence-corrected chi connectivity index (χ0v) is 16.1. The number of nitrogens with one attached hydrogen (secondary N) is 1. The molecule has 3 rings (SSSR count). The standard InChI is InChI=1S/C19H32N4S/c1-3-20-19(23-12-16-8-4-5-9-17(16)13-23)21-11-7-6-10-18-22-15(2)14-24-18/h14,16-17H,3-13H2,1-2H3,(H,20,21). The summed E-state index contributed by atoms with van der Waals surface area (Å²) in [5, 5.41) is 6.92. The van der Waals surface area contributed by atoms with Crippen LogP contribution in [0.5, 0.6) is 0 Å². The third-order valence-corrected chi connectivity index (χ3v) is 6.36. The molecule has 4 nitrogen and oxygen atoms in total. The quantitative estimate of drug-likeness (QED) is 0.482. The molecule has 134 valence electrons. The van der Waals surface area contributed by atoms with Gasteiger partial charge in [-0.3, -0.25) is 4.99 Å². The first-order chi connectivity index (χ1) is 11.8. The fraction of sp³-hybridized carbons (Fsp3) is 0.789. The Morgan fingerprint density at radius 3 is 2.67 bits per heavy atom. The summed E-state index contributed by atoms with van der Waals surface area (Å²) in [7, 11) is 0. The fourth-order valence-electron chi connectivity index (χ4n) is 4.10. The number of hydrogen-bond acceptors (Lipinski definition) is 3. The monoisotopic (exact) mass is 348 g/mol. The summed E-state index contributed by atoms with van der Waals surface area (Å²) in [5.41, 5.74) is 1.15. The maximum Gasteiger partial charge on any atom is 0.193 e. The zero-order valence-electron chi connectivity index (χ0n) is 15.3. The Balaban J connectivity index is 1.45. The highest BCUT2D eigenvalue weighted by Gasteiger charge is 2.35. The van der Waals surface area contributed by atoms with Crippen LogP contribution in [0.4, 0.5) is 0 Å². The van der Waals surface area contributed by atoms with Gasteiger partial charge in [-0.25, -0.2) is 4.98 Å². The highest BCUT2D eigenvalue weighted by Crippen LogP contribution is 2.35. The highest BCUT2D eigenvalue weighted by molar-refractivity contribution is 7.09. The number of aliphatic imine (C=N–C) groups is 1. The lowest BCUT2D eigenvalue weighted by Crippen LogP contribution is -2.40. The maximum absolute atomic E-state index is 4.90. The van der Waals surface area contributed by atoms with E-state index in [2.05, 4.69) is 34.4 Å². The van der Waals surface area contributed by atoms with Crippen molar-refractivity contribution in [2.75, 3.05) is 26.2 Å². The lowest BCUT2D eigenvalue weighted by molar-refractivity contribution is 0.299. The molecule has 1 aliphatic carbocycles. The van der Waals surface area contributed by atoms with Gasteiger partial charge in [-0.1, -0.05) is 12.8 Å². The summed E-state index contributed by atoms with van der Waals surface area (Å²) in [6.45, 7) is 8.56. The van der Waals surface area contributed by atoms with Gasteiger partial charge in [0.05, 0.1) is 5.01 Å². The van der Waals surface area contributed by atoms with E-state index in [9.17, 15) is 0 Å². The Labute approximate surface area is 150 Å². The second-order valence-electron chi connectivity index (χ2n) is 7.28. The van der Waals surface area contributed by atoms with Crippen molar-refractivity contribution in [2.45, 2.75) is 58.8 Å². The number of rotatable bonds is 6. The van der Waals surface area contributed by atoms with Gasteiger partial charge >= 0.3 is 0 Å². The van der Waals surface area contributed by atoms with E-state index in [0.717, 1.165) is 49.4 Å². The molecule has 0 radical (unpaired) electrons. The van der Waals surface area contributed by atoms with Crippen LogP contribution in [0.1, 0.15) is 56.2 Å². The van der Waals surface area contributed by atoms with Crippen LogP contribution in [0, 0.1) is 18.8 Å². The maximum atomic E-state index is 4.90. The molecule has 0 aromatic carbocycles. The predicted octanol–water partition coefficient (Wildman–Crippen LogP) is 3.86. The normalized spacial score (nSPS) is 24.2. The summed E-state index contributed by atoms with van der Waals surface area (Å²) in [6, 6.07) is 0. The molecule has 1 saturated heterocycles. The minimum Gasteiger partial charge on any atom is -0.357 e. The summed E-state index contributed by atoms with van der Waals surface area (Å²) >= 11 is 1.79. The van der Waals surface area contributed by atoms with E-state index in [0.29, 0.717) is 0 Å². The number of hydrogen-bond donors (Lipinski definition) is 1. The minimum absolute atomic E-state index is 0.913. The van der Waals surface area contributed by atoms with Crippen molar-refractivity contribution < 1.29 is 0 Å². The molecule has 24 heavy (non-hydrogen) atoms. The molecule has 0 bridgehead atoms. The van der Waals surface area contributed by atoms with Crippen LogP contribution in [-0.4, -0.2) is 42.0 Å². The molecule has 1 aromatic rings. The van der Waals surface area contributed by atoms with Crippen LogP contribution in [0.15, 0.2) is 10.4 Å². The molecular weight excluding hydrogens is 316 g/mol. The molecular formula is C19H32N4S. The Kier molecular flexibility index (Phi) is 6.52. The number of thiazole rings is 1. The third-order valence-electron chi connectivity index (χ3n) is 5.34. The molecule has 2 aliphatic rings. The van der Waals surface area contributed by atoms with Gasteiger partial charge in [0.1, 0.15) is 0 Å². The number of fused-ring (bicyclic) bond motifs is 1. The van der Waals surface area contributed by atoms with Gasteiger partial charge in [0.25, 0.3) is 0 Å². The number of likely N-dealkylation sites (tertiary alicyclic amines) is 1. The molecule has 1 saturated carbocycles. The molecule has 0 amide bonds. The zero-order chi connectivity index (χ0) is 16.8. The number of aromatic nitrogens is 1. The van der Waals surface area contributed by atoms with Crippen molar-refractivity contribution in [3.8, 4) is 0 Å². The van der Waals surface area contributed by atoms with Gasteiger partial charge in [0.15, 0.2) is 5.96 Å². The summed E-state index contributed by atoms with van der Waals surface area (Å²) in [5.74, 6) is 2.98. The minimum atomic E-state index is 0.913. The lowest BCUT2D eigenvalue weighted by Gasteiger charge is -2.22. The third kappa shape index (κ3) is 4.71. The Bertz CT molecular complexity index is 525. The molecule has 2 heterocycles. The Hall–Kier alpha value is -1.10. The topological polar surface area (TPSA) is 40.5 Å². The summed E-state index contributed by atoms with van der Waals surface area (Å²) < 4.78 is 0. The fourth-order valence-corrected chi connectivity index (χ4v) is 4.91. The van der Waals surface area contributed by atoms with Crippen LogP contribution in [0.2, 0.25) is 0 Å². The number of unbranched alkanes of at least 4 members (excludes halogenated alkanes) is 1. The van der Waals surface area contributed by atoms with Crippen molar-refractivity contribution in [2.24, 2.45) is 16.8 Å². The SMILES string of the molecule is CCNC(=NCCCCc1nc(C)cs1)N1CC2CCCCC2C1. The Morgan fingerprint density at radius 2 is 2.04 bits per heavy atom. The van der Waals surface area contributed by atoms with E-state index in [1.807, 2.05) is 0 Å². The average molecular weight is 349 g/mol. The van der Waals surface area contributed by atoms with Gasteiger partial charge < -0.3 is 10.2 Å². The molecule has 1 N–H and O–H groups in total. The summed E-state index contributed by atoms with van der Waals surface area (Å²) in [6.07, 6.45) is 9.13. The molecule has 5 heteroatoms. The van der Waals surface area contributed by atoms with Crippen molar-refractivity contribution in [1.82, 2.24) is 15.2 Å². The van der Waals surface area contributed by atoms with Crippen LogP contribution in [-0.2, 0) is 6.42 Å². The van der Waals surface area contributed by atoms with Crippen molar-refractivity contribution in [1.29, 1.82) is 0 Å². The first-order valence-electron chi connectivity index (χ1n) is 9.70. The number of nitrogens with zero attached hydrogens (tertiary/aromatic N) is 3. The summed E-state index contributed by atoms with van der Waals surface area (Å²) in [4.78, 5) is 12.0. The van der Waals surface area contributed by atoms with Gasteiger partial charge in [-0.05, 0) is 57.8 Å². The van der Waals surface area contributed by atoms with E-state index < -0.39 is 0 Å². The van der Waals surface area contributed by atoms with Crippen molar-refractivity contribution in [3.63, 3.8) is 0 Å². The number of aryl methyl sites for hydroxylation is 2. The van der Waals surface area contributed by atoms with Crippen LogP contribution in [0.25, 0.3) is 0 Å². The molecule has 2 unspecified atom stereocenters. The van der Waals surface area contributed by atoms with E-state index in [1.54, 1.807) is 11.3 Å².